The fraction of sp³-hybridized carbons (Fsp3) is 1.00. The van der Waals surface area contributed by atoms with Crippen molar-refractivity contribution in [2.24, 2.45) is 5.73 Å². The Morgan fingerprint density at radius 2 is 2.06 bits per heavy atom. The van der Waals surface area contributed by atoms with Gasteiger partial charge in [-0.15, -0.1) is 0 Å². The molecule has 0 spiro atoms. The molecule has 17 heavy (non-hydrogen) atoms. The molecule has 0 aromatic rings. The van der Waals surface area contributed by atoms with Crippen LogP contribution in [0.3, 0.4) is 0 Å². The van der Waals surface area contributed by atoms with Crippen molar-refractivity contribution in [1.82, 2.24) is 9.80 Å². The smallest absolute Gasteiger partial charge is 0.0277 e. The molecule has 1 aliphatic rings. The second kappa shape index (κ2) is 6.98. The van der Waals surface area contributed by atoms with Crippen LogP contribution in [0.2, 0.25) is 0 Å². The average molecular weight is 259 g/mol. The number of hydrogen-bond acceptors (Lipinski definition) is 4. The minimum absolute atomic E-state index is 0.281. The fourth-order valence-corrected chi connectivity index (χ4v) is 3.13. The van der Waals surface area contributed by atoms with Gasteiger partial charge in [-0.3, -0.25) is 9.80 Å². The number of nitrogens with two attached hydrogens (primary N) is 1. The Bertz CT molecular complexity index is 221. The van der Waals surface area contributed by atoms with Crippen molar-refractivity contribution in [3.05, 3.63) is 0 Å². The fourth-order valence-electron chi connectivity index (χ4n) is 2.40. The average Bonchev–Trinajstić information content (AvgIpc) is 2.28. The minimum atomic E-state index is 0.281. The molecule has 0 saturated carbocycles. The SMILES string of the molecule is CCSCCC(CN)N1CCN(C)C(C)(C)C1. The summed E-state index contributed by atoms with van der Waals surface area (Å²) in [5.41, 5.74) is 6.23. The molecule has 0 aromatic heterocycles. The molecule has 0 aromatic carbocycles. The second-order valence-corrected chi connectivity index (χ2v) is 6.97. The van der Waals surface area contributed by atoms with Crippen LogP contribution >= 0.6 is 11.8 Å². The van der Waals surface area contributed by atoms with Gasteiger partial charge in [-0.2, -0.15) is 11.8 Å². The van der Waals surface area contributed by atoms with E-state index in [1.54, 1.807) is 0 Å². The van der Waals surface area contributed by atoms with Crippen LogP contribution in [0.5, 0.6) is 0 Å². The summed E-state index contributed by atoms with van der Waals surface area (Å²) in [6.45, 7) is 11.1. The van der Waals surface area contributed by atoms with Crippen LogP contribution in [0.4, 0.5) is 0 Å². The molecule has 2 N–H and O–H groups in total. The molecule has 0 aliphatic carbocycles. The first-order chi connectivity index (χ1) is 8.01. The Kier molecular flexibility index (Phi) is 6.27. The topological polar surface area (TPSA) is 32.5 Å². The Labute approximate surface area is 111 Å². The first kappa shape index (κ1) is 15.3. The zero-order valence-corrected chi connectivity index (χ0v) is 12.7. The maximum atomic E-state index is 5.94. The number of likely N-dealkylation sites (N-methyl/N-ethyl adjacent to an activating group) is 1. The monoisotopic (exact) mass is 259 g/mol. The van der Waals surface area contributed by atoms with Gasteiger partial charge in [0.1, 0.15) is 0 Å². The summed E-state index contributed by atoms with van der Waals surface area (Å²) in [7, 11) is 2.22. The number of piperazine rings is 1. The van der Waals surface area contributed by atoms with Gasteiger partial charge in [-0.05, 0) is 38.8 Å². The highest BCUT2D eigenvalue weighted by Crippen LogP contribution is 2.21. The van der Waals surface area contributed by atoms with E-state index in [1.165, 1.54) is 24.5 Å². The highest BCUT2D eigenvalue weighted by atomic mass is 32.2. The van der Waals surface area contributed by atoms with Crippen molar-refractivity contribution in [3.8, 4) is 0 Å². The largest absolute Gasteiger partial charge is 0.329 e. The maximum absolute atomic E-state index is 5.94. The van der Waals surface area contributed by atoms with E-state index in [0.717, 1.165) is 19.6 Å². The summed E-state index contributed by atoms with van der Waals surface area (Å²) in [5.74, 6) is 2.46. The van der Waals surface area contributed by atoms with E-state index in [2.05, 4.69) is 37.6 Å². The Morgan fingerprint density at radius 3 is 2.59 bits per heavy atom. The van der Waals surface area contributed by atoms with E-state index in [1.807, 2.05) is 11.8 Å². The van der Waals surface area contributed by atoms with Crippen LogP contribution in [0.1, 0.15) is 27.2 Å². The molecule has 1 unspecified atom stereocenters. The highest BCUT2D eigenvalue weighted by Gasteiger charge is 2.33. The summed E-state index contributed by atoms with van der Waals surface area (Å²) in [5, 5.41) is 0. The number of rotatable bonds is 6. The van der Waals surface area contributed by atoms with E-state index in [4.69, 9.17) is 5.73 Å². The van der Waals surface area contributed by atoms with Crippen molar-refractivity contribution in [2.75, 3.05) is 44.7 Å². The number of hydrogen-bond donors (Lipinski definition) is 1. The normalized spacial score (nSPS) is 23.8. The van der Waals surface area contributed by atoms with Crippen molar-refractivity contribution < 1.29 is 0 Å². The molecule has 0 radical (unpaired) electrons. The van der Waals surface area contributed by atoms with Crippen LogP contribution in [0.25, 0.3) is 0 Å². The first-order valence-electron chi connectivity index (χ1n) is 6.74. The molecule has 0 bridgehead atoms. The van der Waals surface area contributed by atoms with Crippen molar-refractivity contribution in [3.63, 3.8) is 0 Å². The van der Waals surface area contributed by atoms with Gasteiger partial charge in [-0.25, -0.2) is 0 Å². The first-order valence-corrected chi connectivity index (χ1v) is 7.90. The van der Waals surface area contributed by atoms with E-state index in [-0.39, 0.29) is 5.54 Å². The molecule has 1 saturated heterocycles. The van der Waals surface area contributed by atoms with Crippen molar-refractivity contribution in [1.29, 1.82) is 0 Å². The molecule has 1 heterocycles. The predicted octanol–water partition coefficient (Wildman–Crippen LogP) is 1.48. The summed E-state index contributed by atoms with van der Waals surface area (Å²) in [4.78, 5) is 5.05. The van der Waals surface area contributed by atoms with Crippen molar-refractivity contribution >= 4 is 11.8 Å². The van der Waals surface area contributed by atoms with Gasteiger partial charge in [0.25, 0.3) is 0 Å². The van der Waals surface area contributed by atoms with Gasteiger partial charge in [-0.1, -0.05) is 6.92 Å². The van der Waals surface area contributed by atoms with E-state index in [9.17, 15) is 0 Å². The van der Waals surface area contributed by atoms with Gasteiger partial charge >= 0.3 is 0 Å². The lowest BCUT2D eigenvalue weighted by atomic mass is 9.98. The number of thioether (sulfide) groups is 1. The Balaban J connectivity index is 2.46. The minimum Gasteiger partial charge on any atom is -0.329 e. The van der Waals surface area contributed by atoms with Crippen LogP contribution in [-0.2, 0) is 0 Å². The molecule has 102 valence electrons. The zero-order valence-electron chi connectivity index (χ0n) is 11.9. The standard InChI is InChI=1S/C13H29N3S/c1-5-17-9-6-12(10-14)16-8-7-15(4)13(2,3)11-16/h12H,5-11,14H2,1-4H3. The maximum Gasteiger partial charge on any atom is 0.0277 e. The Morgan fingerprint density at radius 1 is 1.35 bits per heavy atom. The van der Waals surface area contributed by atoms with Crippen LogP contribution < -0.4 is 5.73 Å². The summed E-state index contributed by atoms with van der Waals surface area (Å²) in [6, 6.07) is 0.571. The molecule has 1 atom stereocenters. The summed E-state index contributed by atoms with van der Waals surface area (Å²) >= 11 is 2.02. The second-order valence-electron chi connectivity index (χ2n) is 5.58. The third kappa shape index (κ3) is 4.43. The summed E-state index contributed by atoms with van der Waals surface area (Å²) < 4.78 is 0. The third-order valence-corrected chi connectivity index (χ3v) is 4.87. The summed E-state index contributed by atoms with van der Waals surface area (Å²) in [6.07, 6.45) is 1.23. The van der Waals surface area contributed by atoms with Gasteiger partial charge in [0.05, 0.1) is 0 Å². The lowest BCUT2D eigenvalue weighted by Gasteiger charge is -2.47. The highest BCUT2D eigenvalue weighted by molar-refractivity contribution is 7.99. The third-order valence-electron chi connectivity index (χ3n) is 3.93. The zero-order chi connectivity index (χ0) is 12.9. The molecule has 4 heteroatoms. The molecular weight excluding hydrogens is 230 g/mol. The molecule has 3 nitrogen and oxygen atoms in total. The van der Waals surface area contributed by atoms with E-state index < -0.39 is 0 Å². The number of nitrogens with zero attached hydrogens (tertiary/aromatic N) is 2. The predicted molar refractivity (Wildman–Crippen MR) is 78.7 cm³/mol. The quantitative estimate of drug-likeness (QED) is 0.733. The van der Waals surface area contributed by atoms with Crippen LogP contribution in [-0.4, -0.2) is 66.1 Å². The van der Waals surface area contributed by atoms with Crippen LogP contribution in [0, 0.1) is 0 Å². The molecule has 1 fully saturated rings. The molecule has 0 amide bonds. The Hall–Kier alpha value is 0.230. The van der Waals surface area contributed by atoms with E-state index in [0.29, 0.717) is 6.04 Å². The van der Waals surface area contributed by atoms with Gasteiger partial charge in [0, 0.05) is 37.8 Å². The van der Waals surface area contributed by atoms with Gasteiger partial charge in [0.15, 0.2) is 0 Å². The molecular formula is C13H29N3S. The van der Waals surface area contributed by atoms with Crippen molar-refractivity contribution in [2.45, 2.75) is 38.8 Å². The van der Waals surface area contributed by atoms with E-state index >= 15 is 0 Å². The van der Waals surface area contributed by atoms with Gasteiger partial charge in [0.2, 0.25) is 0 Å². The molecule has 1 rings (SSSR count). The van der Waals surface area contributed by atoms with Gasteiger partial charge < -0.3 is 5.73 Å². The lowest BCUT2D eigenvalue weighted by molar-refractivity contribution is 0.0180. The lowest BCUT2D eigenvalue weighted by Crippen LogP contribution is -2.60. The molecule has 1 aliphatic heterocycles. The van der Waals surface area contributed by atoms with Crippen LogP contribution in [0.15, 0.2) is 0 Å².